The van der Waals surface area contributed by atoms with Crippen LogP contribution in [0.15, 0.2) is 0 Å². The largest absolute Gasteiger partial charge is 0.322 e. The van der Waals surface area contributed by atoms with E-state index in [0.717, 1.165) is 6.04 Å². The Morgan fingerprint density at radius 2 is 1.46 bits per heavy atom. The van der Waals surface area contributed by atoms with Gasteiger partial charge in [-0.1, -0.05) is 21.6 Å². The van der Waals surface area contributed by atoms with Gasteiger partial charge in [-0.3, -0.25) is 0 Å². The Morgan fingerprint density at radius 1 is 0.923 bits per heavy atom. The molecule has 1 nitrogen and oxygen atoms in total. The van der Waals surface area contributed by atoms with Crippen molar-refractivity contribution in [2.45, 2.75) is 31.7 Å². The van der Waals surface area contributed by atoms with E-state index < -0.39 is 0 Å². The quantitative estimate of drug-likeness (QED) is 0.490. The summed E-state index contributed by atoms with van der Waals surface area (Å²) in [5, 5.41) is 0. The van der Waals surface area contributed by atoms with Gasteiger partial charge in [0.05, 0.1) is 31.6 Å². The maximum atomic E-state index is 2.49. The molecule has 0 unspecified atom stereocenters. The third-order valence-corrected chi connectivity index (χ3v) is 6.10. The van der Waals surface area contributed by atoms with E-state index in [1.54, 1.807) is 0 Å². The summed E-state index contributed by atoms with van der Waals surface area (Å²) >= 11 is 0. The Bertz CT molecular complexity index is 158. The Hall–Kier alpha value is 0.660. The summed E-state index contributed by atoms with van der Waals surface area (Å²) in [4.78, 5) is 0. The smallest absolute Gasteiger partial charge is 0.109 e. The van der Waals surface area contributed by atoms with Crippen molar-refractivity contribution >= 4 is 21.6 Å². The first-order valence-electron chi connectivity index (χ1n) is 5.40. The fraction of sp³-hybridized carbons (Fsp3) is 1.00. The number of nitrogens with zero attached hydrogens (tertiary/aromatic N) is 1. The van der Waals surface area contributed by atoms with Crippen LogP contribution in [0.2, 0.25) is 0 Å². The molecule has 0 radical (unpaired) electrons. The van der Waals surface area contributed by atoms with Crippen LogP contribution in [-0.2, 0) is 0 Å². The lowest BCUT2D eigenvalue weighted by Gasteiger charge is -2.38. The van der Waals surface area contributed by atoms with E-state index in [-0.39, 0.29) is 0 Å². The van der Waals surface area contributed by atoms with Crippen LogP contribution in [0.1, 0.15) is 25.7 Å². The molecule has 2 saturated heterocycles. The van der Waals surface area contributed by atoms with Crippen LogP contribution in [0.5, 0.6) is 0 Å². The van der Waals surface area contributed by atoms with Gasteiger partial charge < -0.3 is 4.48 Å². The molecule has 76 valence electrons. The van der Waals surface area contributed by atoms with Crippen molar-refractivity contribution in [1.29, 1.82) is 0 Å². The molecule has 0 N–H and O–H groups in total. The van der Waals surface area contributed by atoms with Crippen LogP contribution in [-0.4, -0.2) is 42.2 Å². The predicted molar refractivity (Wildman–Crippen MR) is 63.1 cm³/mol. The van der Waals surface area contributed by atoms with Crippen LogP contribution >= 0.6 is 21.6 Å². The number of hydrogen-bond acceptors (Lipinski definition) is 2. The van der Waals surface area contributed by atoms with Gasteiger partial charge in [-0.2, -0.15) is 0 Å². The third-order valence-electron chi connectivity index (χ3n) is 3.57. The van der Waals surface area contributed by atoms with Crippen molar-refractivity contribution in [1.82, 2.24) is 0 Å². The molecule has 13 heavy (non-hydrogen) atoms. The maximum Gasteiger partial charge on any atom is 0.109 e. The fourth-order valence-electron chi connectivity index (χ4n) is 2.44. The highest BCUT2D eigenvalue weighted by molar-refractivity contribution is 8.77. The van der Waals surface area contributed by atoms with Crippen LogP contribution in [0.4, 0.5) is 0 Å². The van der Waals surface area contributed by atoms with Crippen LogP contribution < -0.4 is 0 Å². The van der Waals surface area contributed by atoms with Crippen molar-refractivity contribution in [3.63, 3.8) is 0 Å². The first kappa shape index (κ1) is 10.2. The minimum atomic E-state index is 0.952. The van der Waals surface area contributed by atoms with E-state index in [2.05, 4.69) is 28.6 Å². The molecule has 0 aromatic carbocycles. The summed E-state index contributed by atoms with van der Waals surface area (Å²) in [7, 11) is 6.65. The van der Waals surface area contributed by atoms with E-state index in [9.17, 15) is 0 Å². The topological polar surface area (TPSA) is 0 Å². The van der Waals surface area contributed by atoms with E-state index >= 15 is 0 Å². The Morgan fingerprint density at radius 3 is 2.00 bits per heavy atom. The predicted octanol–water partition coefficient (Wildman–Crippen LogP) is 2.77. The molecule has 0 saturated carbocycles. The van der Waals surface area contributed by atoms with E-state index in [4.69, 9.17) is 0 Å². The van der Waals surface area contributed by atoms with Gasteiger partial charge in [0.2, 0.25) is 0 Å². The second kappa shape index (κ2) is 4.45. The molecule has 0 aromatic rings. The van der Waals surface area contributed by atoms with Crippen LogP contribution in [0.25, 0.3) is 0 Å². The molecule has 0 bridgehead atoms. The van der Waals surface area contributed by atoms with Crippen molar-refractivity contribution in [3.05, 3.63) is 0 Å². The minimum absolute atomic E-state index is 0.952. The van der Waals surface area contributed by atoms with Crippen LogP contribution in [0, 0.1) is 0 Å². The molecule has 0 atom stereocenters. The molecule has 2 fully saturated rings. The zero-order valence-corrected chi connectivity index (χ0v) is 10.1. The molecule has 0 spiro atoms. The number of hydrogen-bond donors (Lipinski definition) is 0. The Kier molecular flexibility index (Phi) is 3.49. The molecule has 0 aliphatic carbocycles. The van der Waals surface area contributed by atoms with Crippen molar-refractivity contribution < 1.29 is 4.48 Å². The van der Waals surface area contributed by atoms with Gasteiger partial charge in [0.1, 0.15) is 6.04 Å². The number of rotatable bonds is 1. The van der Waals surface area contributed by atoms with E-state index in [1.165, 1.54) is 54.8 Å². The fourth-order valence-corrected chi connectivity index (χ4v) is 5.57. The zero-order valence-electron chi connectivity index (χ0n) is 8.50. The minimum Gasteiger partial charge on any atom is -0.322 e. The standard InChI is InChI=1S/C10H20NS2/c1-11(10-8-12-13-9-10)6-4-2-3-5-7-11/h10H,2-9H2,1H3/q+1. The molecular formula is C10H20NS2+. The molecule has 3 heteroatoms. The lowest BCUT2D eigenvalue weighted by Crippen LogP contribution is -2.54. The maximum absolute atomic E-state index is 2.49. The first-order valence-corrected chi connectivity index (χ1v) is 7.89. The van der Waals surface area contributed by atoms with E-state index in [1.807, 2.05) is 0 Å². The molecular weight excluding hydrogens is 198 g/mol. The van der Waals surface area contributed by atoms with Crippen molar-refractivity contribution in [2.75, 3.05) is 31.6 Å². The van der Waals surface area contributed by atoms with Crippen molar-refractivity contribution in [3.8, 4) is 0 Å². The normalized spacial score (nSPS) is 30.2. The summed E-state index contributed by atoms with van der Waals surface area (Å²) in [5.74, 6) is 2.78. The van der Waals surface area contributed by atoms with Crippen molar-refractivity contribution in [2.24, 2.45) is 0 Å². The second-order valence-electron chi connectivity index (χ2n) is 4.56. The van der Waals surface area contributed by atoms with E-state index in [0.29, 0.717) is 0 Å². The van der Waals surface area contributed by atoms with Gasteiger partial charge in [-0.25, -0.2) is 0 Å². The average Bonchev–Trinajstić information content (AvgIpc) is 2.57. The molecule has 2 rings (SSSR count). The van der Waals surface area contributed by atoms with Gasteiger partial charge in [0.25, 0.3) is 0 Å². The second-order valence-corrected chi connectivity index (χ2v) is 7.12. The number of quaternary nitrogens is 1. The van der Waals surface area contributed by atoms with Gasteiger partial charge in [0.15, 0.2) is 0 Å². The first-order chi connectivity index (χ1) is 6.31. The van der Waals surface area contributed by atoms with Gasteiger partial charge >= 0.3 is 0 Å². The Labute approximate surface area is 89.6 Å². The van der Waals surface area contributed by atoms with Crippen LogP contribution in [0.3, 0.4) is 0 Å². The highest BCUT2D eigenvalue weighted by Gasteiger charge is 2.35. The van der Waals surface area contributed by atoms with Gasteiger partial charge in [0, 0.05) is 0 Å². The molecule has 0 amide bonds. The van der Waals surface area contributed by atoms with Gasteiger partial charge in [-0.15, -0.1) is 0 Å². The summed E-state index contributed by atoms with van der Waals surface area (Å²) in [6, 6.07) is 0.952. The molecule has 2 aliphatic rings. The zero-order chi connectivity index (χ0) is 9.15. The summed E-state index contributed by atoms with van der Waals surface area (Å²) < 4.78 is 1.38. The molecule has 2 aliphatic heterocycles. The third kappa shape index (κ3) is 2.37. The SMILES string of the molecule is C[N+]1(C2CSSC2)CCCCCC1. The highest BCUT2D eigenvalue weighted by Crippen LogP contribution is 2.36. The lowest BCUT2D eigenvalue weighted by atomic mass is 10.2. The summed E-state index contributed by atoms with van der Waals surface area (Å²) in [6.07, 6.45) is 5.87. The summed E-state index contributed by atoms with van der Waals surface area (Å²) in [5.41, 5.74) is 0. The molecule has 0 aromatic heterocycles. The lowest BCUT2D eigenvalue weighted by molar-refractivity contribution is -0.927. The summed E-state index contributed by atoms with van der Waals surface area (Å²) in [6.45, 7) is 2.87. The van der Waals surface area contributed by atoms with Gasteiger partial charge in [-0.05, 0) is 25.7 Å². The molecule has 2 heterocycles. The average molecular weight is 218 g/mol. The monoisotopic (exact) mass is 218 g/mol. The number of likely N-dealkylation sites (tertiary alicyclic amines) is 1. The highest BCUT2D eigenvalue weighted by atomic mass is 33.1. The Balaban J connectivity index is 1.98.